The van der Waals surface area contributed by atoms with Crippen LogP contribution in [0.2, 0.25) is 0 Å². The minimum absolute atomic E-state index is 0.891. The van der Waals surface area contributed by atoms with E-state index in [4.69, 9.17) is 4.42 Å². The fourth-order valence-corrected chi connectivity index (χ4v) is 8.64. The van der Waals surface area contributed by atoms with Gasteiger partial charge in [-0.2, -0.15) is 0 Å². The maximum absolute atomic E-state index is 6.83. The van der Waals surface area contributed by atoms with Crippen LogP contribution in [0.4, 0.5) is 0 Å². The van der Waals surface area contributed by atoms with E-state index >= 15 is 0 Å². The van der Waals surface area contributed by atoms with E-state index in [1.807, 2.05) is 11.3 Å². The summed E-state index contributed by atoms with van der Waals surface area (Å²) in [5.41, 5.74) is 7.03. The van der Waals surface area contributed by atoms with Gasteiger partial charge in [-0.3, -0.25) is 0 Å². The average molecular weight is 603 g/mol. The Morgan fingerprint density at radius 2 is 0.957 bits per heavy atom. The van der Waals surface area contributed by atoms with E-state index in [1.165, 1.54) is 74.7 Å². The second-order valence-electron chi connectivity index (χ2n) is 12.0. The average Bonchev–Trinajstić information content (AvgIpc) is 3.73. The van der Waals surface area contributed by atoms with Crippen molar-refractivity contribution in [2.45, 2.75) is 0 Å². The number of hydrogen-bond acceptors (Lipinski definition) is 2. The van der Waals surface area contributed by atoms with Crippen LogP contribution in [0.3, 0.4) is 0 Å². The molecule has 0 spiro atoms. The maximum Gasteiger partial charge on any atom is 0.153 e. The Labute approximate surface area is 269 Å². The topological polar surface area (TPSA) is 13.1 Å². The molecule has 46 heavy (non-hydrogen) atoms. The van der Waals surface area contributed by atoms with Crippen LogP contribution >= 0.6 is 11.3 Å². The van der Waals surface area contributed by atoms with Crippen LogP contribution in [-0.2, 0) is 0 Å². The summed E-state index contributed by atoms with van der Waals surface area (Å²) >= 11 is 1.82. The summed E-state index contributed by atoms with van der Waals surface area (Å²) in [7, 11) is 0. The smallest absolute Gasteiger partial charge is 0.153 e. The van der Waals surface area contributed by atoms with Crippen molar-refractivity contribution in [2.24, 2.45) is 0 Å². The Morgan fingerprint density at radius 3 is 1.67 bits per heavy atom. The molecule has 0 unspecified atom stereocenters. The Morgan fingerprint density at radius 1 is 0.391 bits per heavy atom. The van der Waals surface area contributed by atoms with E-state index in [0.717, 1.165) is 22.3 Å². The lowest BCUT2D eigenvalue weighted by Gasteiger charge is -2.19. The number of fused-ring (bicyclic) bond motifs is 8. The third-order valence-electron chi connectivity index (χ3n) is 9.47. The number of benzene rings is 8. The summed E-state index contributed by atoms with van der Waals surface area (Å²) in [6.07, 6.45) is 0. The van der Waals surface area contributed by atoms with Crippen molar-refractivity contribution in [2.75, 3.05) is 0 Å². The fourth-order valence-electron chi connectivity index (χ4n) is 7.46. The van der Waals surface area contributed by atoms with Crippen molar-refractivity contribution in [3.8, 4) is 33.6 Å². The molecule has 0 radical (unpaired) electrons. The summed E-state index contributed by atoms with van der Waals surface area (Å²) < 4.78 is 9.31. The van der Waals surface area contributed by atoms with Gasteiger partial charge in [0, 0.05) is 26.4 Å². The Hall–Kier alpha value is -5.70. The van der Waals surface area contributed by atoms with Gasteiger partial charge in [0.1, 0.15) is 5.76 Å². The molecule has 214 valence electrons. The van der Waals surface area contributed by atoms with Gasteiger partial charge in [-0.15, -0.1) is 11.3 Å². The van der Waals surface area contributed by atoms with E-state index < -0.39 is 0 Å². The first-order valence-corrected chi connectivity index (χ1v) is 16.5. The molecule has 0 saturated carbocycles. The summed E-state index contributed by atoms with van der Waals surface area (Å²) in [5, 5.41) is 11.2. The predicted octanol–water partition coefficient (Wildman–Crippen LogP) is 13.3. The van der Waals surface area contributed by atoms with Gasteiger partial charge in [0.15, 0.2) is 5.58 Å². The Kier molecular flexibility index (Phi) is 5.51. The van der Waals surface area contributed by atoms with E-state index in [-0.39, 0.29) is 0 Å². The van der Waals surface area contributed by atoms with Crippen molar-refractivity contribution in [1.82, 2.24) is 0 Å². The molecule has 0 aliphatic carbocycles. The van der Waals surface area contributed by atoms with E-state index in [9.17, 15) is 0 Å². The minimum atomic E-state index is 0.891. The first kappa shape index (κ1) is 25.6. The molecule has 0 saturated heterocycles. The lowest BCUT2D eigenvalue weighted by molar-refractivity contribution is 0.635. The summed E-state index contributed by atoms with van der Waals surface area (Å²) in [6, 6.07) is 57.1. The van der Waals surface area contributed by atoms with Crippen LogP contribution in [0.1, 0.15) is 0 Å². The molecule has 0 bridgehead atoms. The first-order valence-electron chi connectivity index (χ1n) is 15.7. The quantitative estimate of drug-likeness (QED) is 0.183. The molecule has 10 rings (SSSR count). The van der Waals surface area contributed by atoms with Gasteiger partial charge in [0.2, 0.25) is 0 Å². The van der Waals surface area contributed by atoms with Crippen LogP contribution < -0.4 is 0 Å². The molecule has 10 aromatic rings. The molecule has 2 heteroatoms. The number of rotatable bonds is 3. The highest BCUT2D eigenvalue weighted by atomic mass is 32.1. The molecule has 0 N–H and O–H groups in total. The molecular weight excluding hydrogens is 577 g/mol. The highest BCUT2D eigenvalue weighted by Gasteiger charge is 2.23. The Bertz CT molecular complexity index is 2740. The zero-order chi connectivity index (χ0) is 30.2. The molecule has 8 aromatic carbocycles. The fraction of sp³-hybridized carbons (Fsp3) is 0. The van der Waals surface area contributed by atoms with Gasteiger partial charge >= 0.3 is 0 Å². The zero-order valence-corrected chi connectivity index (χ0v) is 25.6. The third kappa shape index (κ3) is 3.68. The molecule has 0 aliphatic rings. The molecule has 0 fully saturated rings. The van der Waals surface area contributed by atoms with Crippen LogP contribution in [-0.4, -0.2) is 0 Å². The van der Waals surface area contributed by atoms with Crippen molar-refractivity contribution in [1.29, 1.82) is 0 Å². The number of thiophene rings is 1. The lowest BCUT2D eigenvalue weighted by Crippen LogP contribution is -1.92. The van der Waals surface area contributed by atoms with E-state index in [1.54, 1.807) is 0 Å². The van der Waals surface area contributed by atoms with Crippen molar-refractivity contribution < 1.29 is 4.42 Å². The van der Waals surface area contributed by atoms with Gasteiger partial charge in [-0.05, 0) is 72.8 Å². The number of furan rings is 1. The largest absolute Gasteiger partial charge is 0.455 e. The van der Waals surface area contributed by atoms with Gasteiger partial charge in [-0.25, -0.2) is 0 Å². The highest BCUT2D eigenvalue weighted by Crippen LogP contribution is 2.50. The lowest BCUT2D eigenvalue weighted by atomic mass is 9.84. The maximum atomic E-state index is 6.83. The SMILES string of the molecule is c1ccc(-c2cc3c(-c4c5ccccc5c(-c5cccc6ccccc56)c5ccccc45)cc4c5ccccc5sc4c3o2)cc1. The minimum Gasteiger partial charge on any atom is -0.455 e. The molecule has 0 amide bonds. The highest BCUT2D eigenvalue weighted by molar-refractivity contribution is 7.26. The molecule has 2 aromatic heterocycles. The van der Waals surface area contributed by atoms with Gasteiger partial charge < -0.3 is 4.42 Å². The van der Waals surface area contributed by atoms with Crippen LogP contribution in [0.15, 0.2) is 162 Å². The van der Waals surface area contributed by atoms with Crippen molar-refractivity contribution in [3.63, 3.8) is 0 Å². The van der Waals surface area contributed by atoms with E-state index in [2.05, 4.69) is 158 Å². The first-order chi connectivity index (χ1) is 22.8. The monoisotopic (exact) mass is 602 g/mol. The second-order valence-corrected chi connectivity index (χ2v) is 13.0. The molecular formula is C44H26OS. The van der Waals surface area contributed by atoms with Crippen molar-refractivity contribution >= 4 is 74.8 Å². The summed E-state index contributed by atoms with van der Waals surface area (Å²) in [6.45, 7) is 0. The normalized spacial score (nSPS) is 11.9. The van der Waals surface area contributed by atoms with Gasteiger partial charge in [-0.1, -0.05) is 140 Å². The Balaban J connectivity index is 1.39. The molecule has 1 nitrogen and oxygen atoms in total. The zero-order valence-electron chi connectivity index (χ0n) is 24.8. The van der Waals surface area contributed by atoms with Crippen LogP contribution in [0, 0.1) is 0 Å². The van der Waals surface area contributed by atoms with E-state index in [0.29, 0.717) is 0 Å². The predicted molar refractivity (Wildman–Crippen MR) is 198 cm³/mol. The molecule has 0 aliphatic heterocycles. The van der Waals surface area contributed by atoms with Crippen molar-refractivity contribution in [3.05, 3.63) is 158 Å². The summed E-state index contributed by atoms with van der Waals surface area (Å²) in [4.78, 5) is 0. The second kappa shape index (κ2) is 9.90. The third-order valence-corrected chi connectivity index (χ3v) is 10.7. The van der Waals surface area contributed by atoms with Gasteiger partial charge in [0.25, 0.3) is 0 Å². The summed E-state index contributed by atoms with van der Waals surface area (Å²) in [5.74, 6) is 0.891. The number of hydrogen-bond donors (Lipinski definition) is 0. The molecule has 2 heterocycles. The van der Waals surface area contributed by atoms with Gasteiger partial charge in [0.05, 0.1) is 4.70 Å². The molecule has 0 atom stereocenters. The van der Waals surface area contributed by atoms with Crippen LogP contribution in [0.5, 0.6) is 0 Å². The standard InChI is InChI=1S/C44H26OS/c1-2-14-28(15-3-1)39-26-37-36(25-38-30-18-10-11-24-40(30)46-44(38)43(37)45-39)42-34-21-8-6-19-32(34)41(33-20-7-9-22-35(33)42)31-23-12-16-27-13-4-5-17-29(27)31/h1-26H. The van der Waals surface area contributed by atoms with Crippen LogP contribution in [0.25, 0.3) is 97.0 Å².